The minimum atomic E-state index is -0.753. The maximum absolute atomic E-state index is 11.5. The third-order valence-corrected chi connectivity index (χ3v) is 3.37. The number of rotatable bonds is 11. The highest BCUT2D eigenvalue weighted by atomic mass is 16.4. The van der Waals surface area contributed by atoms with Crippen molar-refractivity contribution in [3.63, 3.8) is 0 Å². The number of unbranched alkanes of at least 4 members (excludes halogenated alkanes) is 1. The van der Waals surface area contributed by atoms with Crippen LogP contribution >= 0.6 is 0 Å². The minimum absolute atomic E-state index is 0.0641. The lowest BCUT2D eigenvalue weighted by atomic mass is 9.88. The Balaban J connectivity index is 3.79. The molecule has 0 radical (unpaired) electrons. The van der Waals surface area contributed by atoms with Crippen LogP contribution in [0.25, 0.3) is 0 Å². The summed E-state index contributed by atoms with van der Waals surface area (Å²) in [5.74, 6) is 0.0968. The van der Waals surface area contributed by atoms with Crippen molar-refractivity contribution < 1.29 is 14.7 Å². The summed E-state index contributed by atoms with van der Waals surface area (Å²) in [7, 11) is 0. The van der Waals surface area contributed by atoms with Gasteiger partial charge in [-0.25, -0.2) is 0 Å². The number of carboxylic acids is 1. The van der Waals surface area contributed by atoms with Crippen molar-refractivity contribution in [2.45, 2.75) is 52.4 Å². The van der Waals surface area contributed by atoms with Crippen molar-refractivity contribution in [2.75, 3.05) is 13.1 Å². The summed E-state index contributed by atoms with van der Waals surface area (Å²) in [4.78, 5) is 22.1. The molecule has 4 N–H and O–H groups in total. The fourth-order valence-electron chi connectivity index (χ4n) is 2.04. The van der Waals surface area contributed by atoms with Crippen LogP contribution in [0.3, 0.4) is 0 Å². The number of hydrogen-bond donors (Lipinski definition) is 3. The zero-order valence-corrected chi connectivity index (χ0v) is 12.2. The van der Waals surface area contributed by atoms with Gasteiger partial charge in [0, 0.05) is 19.4 Å². The van der Waals surface area contributed by atoms with Crippen LogP contribution in [-0.4, -0.2) is 30.1 Å². The van der Waals surface area contributed by atoms with E-state index in [1.54, 1.807) is 0 Å². The molecule has 0 aromatic carbocycles. The van der Waals surface area contributed by atoms with Gasteiger partial charge in [0.05, 0.1) is 0 Å². The summed E-state index contributed by atoms with van der Waals surface area (Å²) in [5, 5.41) is 11.6. The van der Waals surface area contributed by atoms with E-state index in [1.807, 2.05) is 0 Å². The van der Waals surface area contributed by atoms with E-state index in [0.717, 1.165) is 19.3 Å². The van der Waals surface area contributed by atoms with Gasteiger partial charge in [-0.15, -0.1) is 0 Å². The van der Waals surface area contributed by atoms with Crippen LogP contribution in [0.4, 0.5) is 0 Å². The smallest absolute Gasteiger partial charge is 0.303 e. The van der Waals surface area contributed by atoms with Crippen LogP contribution in [0.2, 0.25) is 0 Å². The van der Waals surface area contributed by atoms with E-state index in [4.69, 9.17) is 10.8 Å². The number of carbonyl (C=O) groups excluding carboxylic acids is 1. The van der Waals surface area contributed by atoms with E-state index in [9.17, 15) is 9.59 Å². The molecule has 5 nitrogen and oxygen atoms in total. The lowest BCUT2D eigenvalue weighted by molar-refractivity contribution is -0.137. The van der Waals surface area contributed by atoms with Crippen LogP contribution in [0.1, 0.15) is 52.4 Å². The molecule has 0 bridgehead atoms. The molecule has 0 aliphatic carbocycles. The van der Waals surface area contributed by atoms with Crippen LogP contribution in [0.15, 0.2) is 0 Å². The lowest BCUT2D eigenvalue weighted by Gasteiger charge is -2.20. The molecule has 1 atom stereocenters. The van der Waals surface area contributed by atoms with Crippen molar-refractivity contribution in [3.05, 3.63) is 0 Å². The molecule has 0 aromatic heterocycles. The molecule has 0 aliphatic rings. The van der Waals surface area contributed by atoms with E-state index in [0.29, 0.717) is 37.8 Å². The quantitative estimate of drug-likeness (QED) is 0.500. The Bertz CT molecular complexity index is 267. The summed E-state index contributed by atoms with van der Waals surface area (Å²) in [6.07, 6.45) is 3.95. The van der Waals surface area contributed by atoms with Gasteiger partial charge in [0.15, 0.2) is 0 Å². The average molecular weight is 272 g/mol. The van der Waals surface area contributed by atoms with Gasteiger partial charge in [-0.2, -0.15) is 0 Å². The number of amides is 1. The number of hydrogen-bond acceptors (Lipinski definition) is 3. The third kappa shape index (κ3) is 10.5. The molecule has 5 heteroatoms. The van der Waals surface area contributed by atoms with E-state index < -0.39 is 5.97 Å². The van der Waals surface area contributed by atoms with Gasteiger partial charge in [-0.05, 0) is 44.1 Å². The normalized spacial score (nSPS) is 12.4. The second-order valence-corrected chi connectivity index (χ2v) is 5.32. The number of aliphatic carboxylic acids is 1. The Morgan fingerprint density at radius 3 is 2.37 bits per heavy atom. The zero-order chi connectivity index (χ0) is 14.7. The van der Waals surface area contributed by atoms with Gasteiger partial charge in [-0.3, -0.25) is 9.59 Å². The van der Waals surface area contributed by atoms with Crippen LogP contribution in [0, 0.1) is 11.8 Å². The first-order valence-corrected chi connectivity index (χ1v) is 7.16. The number of nitrogens with two attached hydrogens (primary N) is 1. The molecule has 0 aliphatic heterocycles. The maximum Gasteiger partial charge on any atom is 0.303 e. The molecule has 0 aromatic rings. The van der Waals surface area contributed by atoms with Crippen molar-refractivity contribution >= 4 is 11.9 Å². The highest BCUT2D eigenvalue weighted by Gasteiger charge is 2.15. The van der Waals surface area contributed by atoms with Gasteiger partial charge in [0.2, 0.25) is 5.91 Å². The third-order valence-electron chi connectivity index (χ3n) is 3.37. The molecular formula is C14H28N2O3. The van der Waals surface area contributed by atoms with E-state index in [1.165, 1.54) is 0 Å². The highest BCUT2D eigenvalue weighted by molar-refractivity contribution is 5.75. The first kappa shape index (κ1) is 17.9. The fraction of sp³-hybridized carbons (Fsp3) is 0.857. The molecule has 0 saturated heterocycles. The number of carbonyl (C=O) groups is 2. The number of carboxylic acid groups (broad SMARTS) is 1. The number of nitrogens with one attached hydrogen (secondary N) is 1. The molecule has 0 saturated carbocycles. The maximum atomic E-state index is 11.5. The first-order chi connectivity index (χ1) is 8.97. The van der Waals surface area contributed by atoms with Crippen LogP contribution in [0.5, 0.6) is 0 Å². The predicted molar refractivity (Wildman–Crippen MR) is 75.7 cm³/mol. The molecule has 0 heterocycles. The lowest BCUT2D eigenvalue weighted by Crippen LogP contribution is -2.27. The Kier molecular flexibility index (Phi) is 10.2. The van der Waals surface area contributed by atoms with E-state index in [-0.39, 0.29) is 12.3 Å². The first-order valence-electron chi connectivity index (χ1n) is 7.16. The molecular weight excluding hydrogens is 244 g/mol. The Morgan fingerprint density at radius 1 is 1.16 bits per heavy atom. The Morgan fingerprint density at radius 2 is 1.84 bits per heavy atom. The molecule has 0 rings (SSSR count). The summed E-state index contributed by atoms with van der Waals surface area (Å²) in [5.41, 5.74) is 5.37. The molecule has 1 amide bonds. The zero-order valence-electron chi connectivity index (χ0n) is 12.2. The van der Waals surface area contributed by atoms with Gasteiger partial charge >= 0.3 is 5.97 Å². The average Bonchev–Trinajstić information content (AvgIpc) is 2.33. The van der Waals surface area contributed by atoms with Crippen molar-refractivity contribution in [1.29, 1.82) is 0 Å². The summed E-state index contributed by atoms with van der Waals surface area (Å²) in [6.45, 7) is 5.44. The Hall–Kier alpha value is -1.10. The van der Waals surface area contributed by atoms with Crippen LogP contribution in [-0.2, 0) is 9.59 Å². The minimum Gasteiger partial charge on any atom is -0.481 e. The standard InChI is InChI=1S/C14H28N2O3/c1-11(2)12(6-7-14(18)19)8-10-16-13(17)5-3-4-9-15/h11-12H,3-10,15H2,1-2H3,(H,16,17)(H,18,19). The molecule has 0 fully saturated rings. The van der Waals surface area contributed by atoms with E-state index in [2.05, 4.69) is 19.2 Å². The second-order valence-electron chi connectivity index (χ2n) is 5.32. The van der Waals surface area contributed by atoms with Gasteiger partial charge in [-0.1, -0.05) is 13.8 Å². The predicted octanol–water partition coefficient (Wildman–Crippen LogP) is 1.76. The summed E-state index contributed by atoms with van der Waals surface area (Å²) in [6, 6.07) is 0. The molecule has 19 heavy (non-hydrogen) atoms. The van der Waals surface area contributed by atoms with Crippen molar-refractivity contribution in [3.8, 4) is 0 Å². The van der Waals surface area contributed by atoms with Crippen molar-refractivity contribution in [1.82, 2.24) is 5.32 Å². The monoisotopic (exact) mass is 272 g/mol. The van der Waals surface area contributed by atoms with Gasteiger partial charge in [0.25, 0.3) is 0 Å². The van der Waals surface area contributed by atoms with Gasteiger partial charge in [0.1, 0.15) is 0 Å². The molecule has 112 valence electrons. The molecule has 1 unspecified atom stereocenters. The SMILES string of the molecule is CC(C)C(CCNC(=O)CCCCN)CCC(=O)O. The van der Waals surface area contributed by atoms with E-state index >= 15 is 0 Å². The summed E-state index contributed by atoms with van der Waals surface area (Å²) >= 11 is 0. The highest BCUT2D eigenvalue weighted by Crippen LogP contribution is 2.20. The largest absolute Gasteiger partial charge is 0.481 e. The second kappa shape index (κ2) is 10.8. The fourth-order valence-corrected chi connectivity index (χ4v) is 2.04. The molecule has 0 spiro atoms. The Labute approximate surface area is 115 Å². The topological polar surface area (TPSA) is 92.4 Å². The van der Waals surface area contributed by atoms with Gasteiger partial charge < -0.3 is 16.2 Å². The van der Waals surface area contributed by atoms with Crippen LogP contribution < -0.4 is 11.1 Å². The van der Waals surface area contributed by atoms with Crippen molar-refractivity contribution in [2.24, 2.45) is 17.6 Å². The summed E-state index contributed by atoms with van der Waals surface area (Å²) < 4.78 is 0.